The number of hydrogen-bond acceptors (Lipinski definition) is 3. The van der Waals surface area contributed by atoms with Crippen molar-refractivity contribution in [3.63, 3.8) is 0 Å². The van der Waals surface area contributed by atoms with Crippen molar-refractivity contribution < 1.29 is 14.3 Å². The number of benzene rings is 1. The van der Waals surface area contributed by atoms with E-state index in [9.17, 15) is 9.59 Å². The van der Waals surface area contributed by atoms with Crippen molar-refractivity contribution in [3.8, 4) is 0 Å². The fraction of sp³-hybridized carbons (Fsp3) is 0.385. The van der Waals surface area contributed by atoms with Crippen molar-refractivity contribution >= 4 is 12.1 Å². The zero-order chi connectivity index (χ0) is 11.8. The van der Waals surface area contributed by atoms with Gasteiger partial charge >= 0.3 is 0 Å². The van der Waals surface area contributed by atoms with Crippen LogP contribution in [0.15, 0.2) is 30.3 Å². The number of ether oxygens (including phenoxy) is 1. The molecule has 0 aromatic heterocycles. The Kier molecular flexibility index (Phi) is 5.43. The summed E-state index contributed by atoms with van der Waals surface area (Å²) in [6.45, 7) is 2.27. The molecule has 86 valence electrons. The van der Waals surface area contributed by atoms with Crippen LogP contribution in [0.2, 0.25) is 0 Å². The standard InChI is InChI=1S/C13H16O3/c1-11(15)13(7-8-14)10-16-9-12-5-3-2-4-6-12/h2-6,8,13H,7,9-10H2,1H3. The fourth-order valence-corrected chi connectivity index (χ4v) is 1.36. The Balaban J connectivity index is 2.33. The van der Waals surface area contributed by atoms with E-state index in [2.05, 4.69) is 0 Å². The molecular formula is C13H16O3. The number of hydrogen-bond donors (Lipinski definition) is 0. The Bertz CT molecular complexity index is 332. The topological polar surface area (TPSA) is 43.4 Å². The fourth-order valence-electron chi connectivity index (χ4n) is 1.36. The first-order valence-electron chi connectivity index (χ1n) is 5.29. The van der Waals surface area contributed by atoms with Crippen molar-refractivity contribution in [3.05, 3.63) is 35.9 Å². The highest BCUT2D eigenvalue weighted by molar-refractivity contribution is 5.80. The average molecular weight is 220 g/mol. The predicted molar refractivity (Wildman–Crippen MR) is 61.0 cm³/mol. The van der Waals surface area contributed by atoms with Crippen LogP contribution in [0.1, 0.15) is 18.9 Å². The van der Waals surface area contributed by atoms with Gasteiger partial charge in [-0.3, -0.25) is 4.79 Å². The molecule has 0 spiro atoms. The quantitative estimate of drug-likeness (QED) is 0.660. The van der Waals surface area contributed by atoms with Crippen LogP contribution in [0.25, 0.3) is 0 Å². The second-order valence-electron chi connectivity index (χ2n) is 3.71. The van der Waals surface area contributed by atoms with Gasteiger partial charge in [-0.05, 0) is 12.5 Å². The van der Waals surface area contributed by atoms with E-state index in [1.807, 2.05) is 30.3 Å². The van der Waals surface area contributed by atoms with E-state index in [1.54, 1.807) is 0 Å². The molecule has 16 heavy (non-hydrogen) atoms. The molecule has 0 aliphatic carbocycles. The molecule has 0 radical (unpaired) electrons. The normalized spacial score (nSPS) is 12.1. The monoisotopic (exact) mass is 220 g/mol. The van der Waals surface area contributed by atoms with Gasteiger partial charge in [0.15, 0.2) is 0 Å². The highest BCUT2D eigenvalue weighted by atomic mass is 16.5. The average Bonchev–Trinajstić information content (AvgIpc) is 2.29. The molecule has 0 aliphatic rings. The van der Waals surface area contributed by atoms with Crippen molar-refractivity contribution in [1.82, 2.24) is 0 Å². The molecule has 0 heterocycles. The highest BCUT2D eigenvalue weighted by Gasteiger charge is 2.13. The maximum atomic E-state index is 11.1. The third-order valence-electron chi connectivity index (χ3n) is 2.39. The lowest BCUT2D eigenvalue weighted by Crippen LogP contribution is -2.18. The molecule has 1 aromatic rings. The van der Waals surface area contributed by atoms with Crippen LogP contribution >= 0.6 is 0 Å². The molecule has 1 atom stereocenters. The summed E-state index contributed by atoms with van der Waals surface area (Å²) in [6, 6.07) is 9.73. The minimum absolute atomic E-state index is 0.000150. The van der Waals surface area contributed by atoms with Gasteiger partial charge in [0.25, 0.3) is 0 Å². The first-order valence-corrected chi connectivity index (χ1v) is 5.29. The zero-order valence-electron chi connectivity index (χ0n) is 9.39. The summed E-state index contributed by atoms with van der Waals surface area (Å²) in [5, 5.41) is 0. The van der Waals surface area contributed by atoms with Gasteiger partial charge in [-0.1, -0.05) is 30.3 Å². The van der Waals surface area contributed by atoms with Crippen LogP contribution in [0.3, 0.4) is 0 Å². The van der Waals surface area contributed by atoms with Gasteiger partial charge in [-0.15, -0.1) is 0 Å². The number of carbonyl (C=O) groups excluding carboxylic acids is 2. The summed E-state index contributed by atoms with van der Waals surface area (Å²) >= 11 is 0. The second kappa shape index (κ2) is 6.90. The third-order valence-corrected chi connectivity index (χ3v) is 2.39. The predicted octanol–water partition coefficient (Wildman–Crippen LogP) is 2.00. The minimum atomic E-state index is -0.304. The van der Waals surface area contributed by atoms with Gasteiger partial charge < -0.3 is 9.53 Å². The van der Waals surface area contributed by atoms with Crippen LogP contribution in [0.4, 0.5) is 0 Å². The van der Waals surface area contributed by atoms with E-state index in [0.29, 0.717) is 13.2 Å². The Morgan fingerprint density at radius 1 is 1.38 bits per heavy atom. The molecule has 0 saturated heterocycles. The Labute approximate surface area is 95.4 Å². The van der Waals surface area contributed by atoms with Gasteiger partial charge in [0, 0.05) is 12.3 Å². The van der Waals surface area contributed by atoms with Crippen molar-refractivity contribution in [2.24, 2.45) is 5.92 Å². The van der Waals surface area contributed by atoms with Crippen molar-refractivity contribution in [1.29, 1.82) is 0 Å². The molecule has 0 bridgehead atoms. The maximum absolute atomic E-state index is 11.1. The Hall–Kier alpha value is -1.48. The zero-order valence-corrected chi connectivity index (χ0v) is 9.39. The van der Waals surface area contributed by atoms with E-state index >= 15 is 0 Å². The van der Waals surface area contributed by atoms with E-state index in [4.69, 9.17) is 4.74 Å². The summed E-state index contributed by atoms with van der Waals surface area (Å²) in [6.07, 6.45) is 1.00. The molecule has 3 nitrogen and oxygen atoms in total. The van der Waals surface area contributed by atoms with Crippen LogP contribution in [0.5, 0.6) is 0 Å². The van der Waals surface area contributed by atoms with Crippen LogP contribution in [-0.4, -0.2) is 18.7 Å². The van der Waals surface area contributed by atoms with Crippen LogP contribution in [-0.2, 0) is 20.9 Å². The highest BCUT2D eigenvalue weighted by Crippen LogP contribution is 2.06. The summed E-state index contributed by atoms with van der Waals surface area (Å²) in [7, 11) is 0. The lowest BCUT2D eigenvalue weighted by atomic mass is 10.0. The first-order chi connectivity index (χ1) is 7.74. The molecule has 0 amide bonds. The first kappa shape index (κ1) is 12.6. The van der Waals surface area contributed by atoms with E-state index in [0.717, 1.165) is 11.8 Å². The third kappa shape index (κ3) is 4.36. The lowest BCUT2D eigenvalue weighted by Gasteiger charge is -2.11. The molecule has 1 unspecified atom stereocenters. The molecule has 0 aliphatic heterocycles. The number of Topliss-reactive ketones (excluding diaryl/α,β-unsaturated/α-hetero) is 1. The van der Waals surface area contributed by atoms with E-state index < -0.39 is 0 Å². The smallest absolute Gasteiger partial charge is 0.135 e. The molecule has 1 aromatic carbocycles. The number of carbonyl (C=O) groups is 2. The number of aldehydes is 1. The van der Waals surface area contributed by atoms with E-state index in [1.165, 1.54) is 6.92 Å². The Morgan fingerprint density at radius 2 is 2.06 bits per heavy atom. The largest absolute Gasteiger partial charge is 0.376 e. The minimum Gasteiger partial charge on any atom is -0.376 e. The van der Waals surface area contributed by atoms with Gasteiger partial charge in [0.2, 0.25) is 0 Å². The van der Waals surface area contributed by atoms with Gasteiger partial charge in [0.1, 0.15) is 12.1 Å². The van der Waals surface area contributed by atoms with Crippen molar-refractivity contribution in [2.45, 2.75) is 20.0 Å². The Morgan fingerprint density at radius 3 is 2.62 bits per heavy atom. The summed E-state index contributed by atoms with van der Waals surface area (Å²) in [5.74, 6) is -0.304. The number of rotatable bonds is 7. The molecule has 3 heteroatoms. The van der Waals surface area contributed by atoms with Gasteiger partial charge in [-0.2, -0.15) is 0 Å². The molecular weight excluding hydrogens is 204 g/mol. The van der Waals surface area contributed by atoms with Crippen molar-refractivity contribution in [2.75, 3.05) is 6.61 Å². The summed E-state index contributed by atoms with van der Waals surface area (Å²) < 4.78 is 5.42. The molecule has 0 fully saturated rings. The molecule has 1 rings (SSSR count). The SMILES string of the molecule is CC(=O)C(CC=O)COCc1ccccc1. The lowest BCUT2D eigenvalue weighted by molar-refractivity contribution is -0.125. The van der Waals surface area contributed by atoms with Gasteiger partial charge in [-0.25, -0.2) is 0 Å². The van der Waals surface area contributed by atoms with Crippen LogP contribution < -0.4 is 0 Å². The van der Waals surface area contributed by atoms with E-state index in [-0.39, 0.29) is 18.1 Å². The molecule has 0 N–H and O–H groups in total. The molecule has 0 saturated carbocycles. The number of ketones is 1. The summed E-state index contributed by atoms with van der Waals surface area (Å²) in [4.78, 5) is 21.5. The summed E-state index contributed by atoms with van der Waals surface area (Å²) in [5.41, 5.74) is 1.07. The maximum Gasteiger partial charge on any atom is 0.135 e. The second-order valence-corrected chi connectivity index (χ2v) is 3.71. The van der Waals surface area contributed by atoms with Gasteiger partial charge in [0.05, 0.1) is 13.2 Å². The van der Waals surface area contributed by atoms with Crippen LogP contribution in [0, 0.1) is 5.92 Å².